The molecule has 0 radical (unpaired) electrons. The number of amides is 1. The van der Waals surface area contributed by atoms with Crippen molar-refractivity contribution in [2.24, 2.45) is 0 Å². The van der Waals surface area contributed by atoms with Gasteiger partial charge in [-0.15, -0.1) is 0 Å². The van der Waals surface area contributed by atoms with E-state index >= 15 is 0 Å². The molecular weight excluding hydrogens is 218 g/mol. The molecule has 0 aromatic carbocycles. The van der Waals surface area contributed by atoms with Gasteiger partial charge in [0.05, 0.1) is 12.6 Å². The monoisotopic (exact) mass is 239 g/mol. The van der Waals surface area contributed by atoms with Crippen LogP contribution in [0.1, 0.15) is 40.0 Å². The number of hydrogen-bond donors (Lipinski definition) is 1. The molecule has 17 heavy (non-hydrogen) atoms. The highest BCUT2D eigenvalue weighted by molar-refractivity contribution is 5.70. The van der Waals surface area contributed by atoms with Crippen LogP contribution in [0.5, 0.6) is 0 Å². The zero-order chi connectivity index (χ0) is 12.6. The fourth-order valence-electron chi connectivity index (χ4n) is 2.64. The highest BCUT2D eigenvalue weighted by atomic mass is 16.6. The Morgan fingerprint density at radius 3 is 2.76 bits per heavy atom. The second-order valence-electron chi connectivity index (χ2n) is 5.87. The minimum atomic E-state index is -0.447. The van der Waals surface area contributed by atoms with Gasteiger partial charge in [0, 0.05) is 6.04 Å². The molecule has 0 aromatic rings. The first-order valence-electron chi connectivity index (χ1n) is 6.22. The number of carbonyl (C=O) groups excluding carboxylic acids is 1. The van der Waals surface area contributed by atoms with Crippen LogP contribution in [-0.2, 0) is 4.74 Å². The van der Waals surface area contributed by atoms with Crippen LogP contribution in [0.4, 0.5) is 4.79 Å². The molecule has 0 saturated carbocycles. The van der Waals surface area contributed by atoms with Gasteiger partial charge in [0.1, 0.15) is 5.60 Å². The second kappa shape index (κ2) is 4.33. The maximum Gasteiger partial charge on any atom is 0.411 e. The molecular formula is C13H21NO3. The van der Waals surface area contributed by atoms with E-state index in [4.69, 9.17) is 9.84 Å². The van der Waals surface area contributed by atoms with Crippen molar-refractivity contribution in [1.82, 2.24) is 4.90 Å². The summed E-state index contributed by atoms with van der Waals surface area (Å²) in [5, 5.41) is 9.16. The van der Waals surface area contributed by atoms with Crippen molar-refractivity contribution < 1.29 is 14.6 Å². The highest BCUT2D eigenvalue weighted by Crippen LogP contribution is 2.35. The number of nitrogens with zero attached hydrogens (tertiary/aromatic N) is 1. The van der Waals surface area contributed by atoms with E-state index in [2.05, 4.69) is 0 Å². The molecule has 2 bridgehead atoms. The standard InChI is InChI=1S/C13H21NO3/c1-13(2,3)17-12(16)14-10-4-5-11(14)7-9(6-10)8-15/h6,10-11,15H,4-5,7-8H2,1-3H3. The Labute approximate surface area is 102 Å². The minimum absolute atomic E-state index is 0.106. The molecule has 1 N–H and O–H groups in total. The molecule has 0 spiro atoms. The van der Waals surface area contributed by atoms with Gasteiger partial charge in [-0.3, -0.25) is 4.90 Å². The normalized spacial score (nSPS) is 28.0. The van der Waals surface area contributed by atoms with Gasteiger partial charge in [0.2, 0.25) is 0 Å². The molecule has 1 saturated heterocycles. The van der Waals surface area contributed by atoms with Gasteiger partial charge >= 0.3 is 6.09 Å². The van der Waals surface area contributed by atoms with E-state index in [0.717, 1.165) is 24.8 Å². The molecule has 4 nitrogen and oxygen atoms in total. The molecule has 0 aromatic heterocycles. The number of aliphatic hydroxyl groups excluding tert-OH is 1. The Morgan fingerprint density at radius 2 is 2.24 bits per heavy atom. The van der Waals surface area contributed by atoms with Crippen LogP contribution in [0.3, 0.4) is 0 Å². The summed E-state index contributed by atoms with van der Waals surface area (Å²) in [6.45, 7) is 5.75. The average molecular weight is 239 g/mol. The van der Waals surface area contributed by atoms with Crippen LogP contribution in [0, 0.1) is 0 Å². The molecule has 4 heteroatoms. The van der Waals surface area contributed by atoms with E-state index in [0.29, 0.717) is 0 Å². The number of fused-ring (bicyclic) bond motifs is 2. The average Bonchev–Trinajstić information content (AvgIpc) is 2.47. The molecule has 2 aliphatic heterocycles. The first-order chi connectivity index (χ1) is 7.90. The van der Waals surface area contributed by atoms with Crippen molar-refractivity contribution in [3.63, 3.8) is 0 Å². The predicted octanol–water partition coefficient (Wildman–Crippen LogP) is 2.08. The van der Waals surface area contributed by atoms with E-state index in [1.807, 2.05) is 31.7 Å². The van der Waals surface area contributed by atoms with Crippen molar-refractivity contribution in [2.75, 3.05) is 6.61 Å². The molecule has 2 aliphatic rings. The Bertz CT molecular complexity index is 343. The predicted molar refractivity (Wildman–Crippen MR) is 64.7 cm³/mol. The zero-order valence-electron chi connectivity index (χ0n) is 10.8. The van der Waals surface area contributed by atoms with E-state index in [9.17, 15) is 4.79 Å². The fourth-order valence-corrected chi connectivity index (χ4v) is 2.64. The molecule has 96 valence electrons. The quantitative estimate of drug-likeness (QED) is 0.713. The Kier molecular flexibility index (Phi) is 3.17. The highest BCUT2D eigenvalue weighted by Gasteiger charge is 2.41. The van der Waals surface area contributed by atoms with Crippen LogP contribution >= 0.6 is 0 Å². The van der Waals surface area contributed by atoms with Crippen molar-refractivity contribution in [1.29, 1.82) is 0 Å². The summed E-state index contributed by atoms with van der Waals surface area (Å²) in [5.41, 5.74) is 0.606. The summed E-state index contributed by atoms with van der Waals surface area (Å²) >= 11 is 0. The van der Waals surface area contributed by atoms with Gasteiger partial charge in [0.15, 0.2) is 0 Å². The number of hydrogen-bond acceptors (Lipinski definition) is 3. The van der Waals surface area contributed by atoms with Gasteiger partial charge in [0.25, 0.3) is 0 Å². The largest absolute Gasteiger partial charge is 0.444 e. The summed E-state index contributed by atoms with van der Waals surface area (Å²) in [4.78, 5) is 13.9. The van der Waals surface area contributed by atoms with E-state index in [1.165, 1.54) is 0 Å². The molecule has 2 atom stereocenters. The van der Waals surface area contributed by atoms with Crippen molar-refractivity contribution >= 4 is 6.09 Å². The summed E-state index contributed by atoms with van der Waals surface area (Å²) < 4.78 is 5.42. The van der Waals surface area contributed by atoms with Gasteiger partial charge in [-0.2, -0.15) is 0 Å². The second-order valence-corrected chi connectivity index (χ2v) is 5.87. The SMILES string of the molecule is CC(C)(C)OC(=O)N1C2C=C(CO)CC1CC2. The summed E-state index contributed by atoms with van der Waals surface area (Å²) in [7, 11) is 0. The fraction of sp³-hybridized carbons (Fsp3) is 0.769. The molecule has 2 unspecified atom stereocenters. The number of rotatable bonds is 1. The van der Waals surface area contributed by atoms with E-state index in [1.54, 1.807) is 0 Å². The Hall–Kier alpha value is -1.03. The first kappa shape index (κ1) is 12.4. The number of carbonyl (C=O) groups is 1. The molecule has 0 aliphatic carbocycles. The third kappa shape index (κ3) is 2.63. The summed E-state index contributed by atoms with van der Waals surface area (Å²) in [5.74, 6) is 0. The van der Waals surface area contributed by atoms with Crippen LogP contribution < -0.4 is 0 Å². The maximum atomic E-state index is 12.1. The smallest absolute Gasteiger partial charge is 0.411 e. The van der Waals surface area contributed by atoms with E-state index in [-0.39, 0.29) is 24.8 Å². The number of ether oxygens (including phenoxy) is 1. The summed E-state index contributed by atoms with van der Waals surface area (Å²) in [6.07, 6.45) is 4.56. The molecule has 2 heterocycles. The number of aliphatic hydroxyl groups is 1. The molecule has 1 amide bonds. The zero-order valence-corrected chi connectivity index (χ0v) is 10.8. The minimum Gasteiger partial charge on any atom is -0.444 e. The third-order valence-corrected chi connectivity index (χ3v) is 3.28. The lowest BCUT2D eigenvalue weighted by molar-refractivity contribution is 0.0163. The summed E-state index contributed by atoms with van der Waals surface area (Å²) in [6, 6.07) is 0.327. The molecule has 1 fully saturated rings. The third-order valence-electron chi connectivity index (χ3n) is 3.28. The van der Waals surface area contributed by atoms with Crippen molar-refractivity contribution in [2.45, 2.75) is 57.7 Å². The van der Waals surface area contributed by atoms with Crippen LogP contribution in [0.15, 0.2) is 11.6 Å². The van der Waals surface area contributed by atoms with Crippen LogP contribution in [0.2, 0.25) is 0 Å². The van der Waals surface area contributed by atoms with Gasteiger partial charge < -0.3 is 9.84 Å². The van der Waals surface area contributed by atoms with Gasteiger partial charge in [-0.1, -0.05) is 6.08 Å². The van der Waals surface area contributed by atoms with E-state index < -0.39 is 5.60 Å². The first-order valence-corrected chi connectivity index (χ1v) is 6.22. The Morgan fingerprint density at radius 1 is 1.53 bits per heavy atom. The van der Waals surface area contributed by atoms with Crippen LogP contribution in [0.25, 0.3) is 0 Å². The van der Waals surface area contributed by atoms with Gasteiger partial charge in [-0.05, 0) is 45.6 Å². The Balaban J connectivity index is 2.09. The van der Waals surface area contributed by atoms with Gasteiger partial charge in [-0.25, -0.2) is 4.79 Å². The lowest BCUT2D eigenvalue weighted by Gasteiger charge is -2.35. The van der Waals surface area contributed by atoms with Crippen LogP contribution in [-0.4, -0.2) is 40.4 Å². The topological polar surface area (TPSA) is 49.8 Å². The lowest BCUT2D eigenvalue weighted by atomic mass is 10.0. The van der Waals surface area contributed by atoms with Crippen molar-refractivity contribution in [3.8, 4) is 0 Å². The molecule has 2 rings (SSSR count). The maximum absolute atomic E-state index is 12.1. The lowest BCUT2D eigenvalue weighted by Crippen LogP contribution is -2.45. The van der Waals surface area contributed by atoms with Crippen molar-refractivity contribution in [3.05, 3.63) is 11.6 Å².